The molecule has 0 fully saturated rings. The summed E-state index contributed by atoms with van der Waals surface area (Å²) in [5.74, 6) is 0. The highest BCUT2D eigenvalue weighted by Crippen LogP contribution is 2.25. The Hall–Kier alpha value is -3.21. The highest BCUT2D eigenvalue weighted by atomic mass is 16.2. The summed E-state index contributed by atoms with van der Waals surface area (Å²) >= 11 is 0. The maximum atomic E-state index is 12.4. The molecule has 2 aromatic heterocycles. The average Bonchev–Trinajstić information content (AvgIpc) is 3.19. The summed E-state index contributed by atoms with van der Waals surface area (Å²) in [7, 11) is 0. The van der Waals surface area contributed by atoms with E-state index in [1.807, 2.05) is 36.5 Å². The monoisotopic (exact) mass is 360 g/mol. The Kier molecular flexibility index (Phi) is 4.59. The number of hydrogen-bond acceptors (Lipinski definition) is 1. The zero-order valence-corrected chi connectivity index (χ0v) is 15.7. The lowest BCUT2D eigenvalue weighted by atomic mass is 10.2. The molecule has 0 unspecified atom stereocenters. The van der Waals surface area contributed by atoms with Gasteiger partial charge in [-0.3, -0.25) is 0 Å². The molecule has 0 saturated carbocycles. The third kappa shape index (κ3) is 3.28. The van der Waals surface area contributed by atoms with E-state index in [1.165, 1.54) is 16.6 Å². The lowest BCUT2D eigenvalue weighted by molar-refractivity contribution is 0.251. The van der Waals surface area contributed by atoms with Crippen LogP contribution in [-0.2, 0) is 13.1 Å². The van der Waals surface area contributed by atoms with E-state index in [0.29, 0.717) is 6.54 Å². The van der Waals surface area contributed by atoms with Gasteiger partial charge in [0.25, 0.3) is 0 Å². The van der Waals surface area contributed by atoms with Crippen LogP contribution in [0.2, 0.25) is 0 Å². The Morgan fingerprint density at radius 1 is 1.04 bits per heavy atom. The maximum absolute atomic E-state index is 12.4. The van der Waals surface area contributed by atoms with Gasteiger partial charge in [0.1, 0.15) is 0 Å². The molecule has 2 N–H and O–H groups in total. The number of benzene rings is 2. The van der Waals surface area contributed by atoms with E-state index < -0.39 is 0 Å². The standard InChI is InChI=1S/C22H24N4O/c1-3-25-15-19(18-9-5-7-11-21(18)25)24-22(27)23-12-13-26-16(2)14-17-8-4-6-10-20(17)26/h4-11,14-15H,3,12-13H2,1-2H3,(H2,23,24,27). The van der Waals surface area contributed by atoms with Crippen LogP contribution in [0.3, 0.4) is 0 Å². The van der Waals surface area contributed by atoms with Gasteiger partial charge >= 0.3 is 6.03 Å². The number of aryl methyl sites for hydroxylation is 2. The van der Waals surface area contributed by atoms with Crippen molar-refractivity contribution < 1.29 is 4.79 Å². The fourth-order valence-corrected chi connectivity index (χ4v) is 3.70. The number of carbonyl (C=O) groups excluding carboxylic acids is 1. The molecule has 0 saturated heterocycles. The first-order chi connectivity index (χ1) is 13.2. The maximum Gasteiger partial charge on any atom is 0.319 e. The van der Waals surface area contributed by atoms with Crippen LogP contribution < -0.4 is 10.6 Å². The number of amides is 2. The van der Waals surface area contributed by atoms with Crippen LogP contribution in [-0.4, -0.2) is 21.7 Å². The van der Waals surface area contributed by atoms with Gasteiger partial charge in [0, 0.05) is 42.4 Å². The summed E-state index contributed by atoms with van der Waals surface area (Å²) in [6.07, 6.45) is 1.99. The van der Waals surface area contributed by atoms with Gasteiger partial charge in [-0.05, 0) is 37.4 Å². The molecule has 27 heavy (non-hydrogen) atoms. The predicted molar refractivity (Wildman–Crippen MR) is 111 cm³/mol. The van der Waals surface area contributed by atoms with Gasteiger partial charge in [0.2, 0.25) is 0 Å². The highest BCUT2D eigenvalue weighted by Gasteiger charge is 2.10. The first-order valence-corrected chi connectivity index (χ1v) is 9.35. The van der Waals surface area contributed by atoms with Crippen LogP contribution in [0.15, 0.2) is 60.8 Å². The van der Waals surface area contributed by atoms with Gasteiger partial charge < -0.3 is 19.8 Å². The van der Waals surface area contributed by atoms with E-state index in [1.54, 1.807) is 0 Å². The van der Waals surface area contributed by atoms with E-state index in [9.17, 15) is 4.79 Å². The Bertz CT molecular complexity index is 1110. The fraction of sp³-hybridized carbons (Fsp3) is 0.227. The lowest BCUT2D eigenvalue weighted by Gasteiger charge is -2.10. The Morgan fingerprint density at radius 3 is 2.59 bits per heavy atom. The summed E-state index contributed by atoms with van der Waals surface area (Å²) in [6, 6.07) is 18.4. The van der Waals surface area contributed by atoms with Crippen LogP contribution in [0, 0.1) is 6.92 Å². The molecule has 0 spiro atoms. The van der Waals surface area contributed by atoms with Crippen molar-refractivity contribution in [1.82, 2.24) is 14.5 Å². The molecule has 4 rings (SSSR count). The number of anilines is 1. The molecule has 0 aliphatic heterocycles. The summed E-state index contributed by atoms with van der Waals surface area (Å²) in [6.45, 7) is 6.37. The van der Waals surface area contributed by atoms with Crippen LogP contribution in [0.25, 0.3) is 21.8 Å². The number of urea groups is 1. The summed E-state index contributed by atoms with van der Waals surface area (Å²) in [5.41, 5.74) is 4.37. The summed E-state index contributed by atoms with van der Waals surface area (Å²) in [4.78, 5) is 12.4. The second kappa shape index (κ2) is 7.19. The first kappa shape index (κ1) is 17.2. The number of nitrogens with zero attached hydrogens (tertiary/aromatic N) is 2. The second-order valence-electron chi connectivity index (χ2n) is 6.72. The molecule has 0 aliphatic rings. The van der Waals surface area contributed by atoms with E-state index >= 15 is 0 Å². The summed E-state index contributed by atoms with van der Waals surface area (Å²) < 4.78 is 4.37. The summed E-state index contributed by atoms with van der Waals surface area (Å²) in [5, 5.41) is 8.25. The third-order valence-electron chi connectivity index (χ3n) is 5.02. The first-order valence-electron chi connectivity index (χ1n) is 9.35. The number of para-hydroxylation sites is 2. The van der Waals surface area contributed by atoms with Crippen molar-refractivity contribution in [1.29, 1.82) is 0 Å². The van der Waals surface area contributed by atoms with Crippen molar-refractivity contribution >= 4 is 33.5 Å². The van der Waals surface area contributed by atoms with Crippen molar-refractivity contribution in [3.05, 3.63) is 66.5 Å². The number of aromatic nitrogens is 2. The minimum absolute atomic E-state index is 0.178. The molecule has 2 aromatic carbocycles. The van der Waals surface area contributed by atoms with Gasteiger partial charge in [-0.1, -0.05) is 36.4 Å². The van der Waals surface area contributed by atoms with E-state index in [4.69, 9.17) is 0 Å². The number of nitrogens with one attached hydrogen (secondary N) is 2. The van der Waals surface area contributed by atoms with Crippen LogP contribution in [0.5, 0.6) is 0 Å². The van der Waals surface area contributed by atoms with Gasteiger partial charge in [-0.25, -0.2) is 4.79 Å². The van der Waals surface area contributed by atoms with Crippen LogP contribution in [0.4, 0.5) is 10.5 Å². The van der Waals surface area contributed by atoms with Crippen LogP contribution >= 0.6 is 0 Å². The number of rotatable bonds is 5. The minimum Gasteiger partial charge on any atom is -0.346 e. The molecule has 4 aromatic rings. The van der Waals surface area contributed by atoms with Gasteiger partial charge in [0.15, 0.2) is 0 Å². The molecule has 5 nitrogen and oxygen atoms in total. The molecule has 138 valence electrons. The molecule has 5 heteroatoms. The quantitative estimate of drug-likeness (QED) is 0.530. The van der Waals surface area contributed by atoms with Gasteiger partial charge in [-0.2, -0.15) is 0 Å². The van der Waals surface area contributed by atoms with Crippen molar-refractivity contribution in [2.45, 2.75) is 26.9 Å². The molecule has 0 atom stereocenters. The number of hydrogen-bond donors (Lipinski definition) is 2. The van der Waals surface area contributed by atoms with Crippen molar-refractivity contribution in [2.24, 2.45) is 0 Å². The molecule has 2 amide bonds. The van der Waals surface area contributed by atoms with E-state index in [0.717, 1.165) is 29.7 Å². The van der Waals surface area contributed by atoms with Gasteiger partial charge in [0.05, 0.1) is 11.2 Å². The Labute approximate surface area is 158 Å². The Morgan fingerprint density at radius 2 is 1.78 bits per heavy atom. The molecular weight excluding hydrogens is 336 g/mol. The second-order valence-corrected chi connectivity index (χ2v) is 6.72. The third-order valence-corrected chi connectivity index (χ3v) is 5.02. The van der Waals surface area contributed by atoms with Gasteiger partial charge in [-0.15, -0.1) is 0 Å². The molecule has 0 bridgehead atoms. The topological polar surface area (TPSA) is 51.0 Å². The number of carbonyl (C=O) groups is 1. The number of fused-ring (bicyclic) bond motifs is 2. The fourth-order valence-electron chi connectivity index (χ4n) is 3.70. The molecule has 0 radical (unpaired) electrons. The minimum atomic E-state index is -0.178. The zero-order valence-electron chi connectivity index (χ0n) is 15.7. The smallest absolute Gasteiger partial charge is 0.319 e. The van der Waals surface area contributed by atoms with Crippen molar-refractivity contribution in [2.75, 3.05) is 11.9 Å². The van der Waals surface area contributed by atoms with Crippen LogP contribution in [0.1, 0.15) is 12.6 Å². The van der Waals surface area contributed by atoms with E-state index in [2.05, 4.69) is 57.9 Å². The van der Waals surface area contributed by atoms with Crippen molar-refractivity contribution in [3.63, 3.8) is 0 Å². The van der Waals surface area contributed by atoms with Crippen molar-refractivity contribution in [3.8, 4) is 0 Å². The molecule has 0 aliphatic carbocycles. The Balaban J connectivity index is 1.42. The normalized spacial score (nSPS) is 11.2. The van der Waals surface area contributed by atoms with E-state index in [-0.39, 0.29) is 6.03 Å². The zero-order chi connectivity index (χ0) is 18.8. The largest absolute Gasteiger partial charge is 0.346 e. The molecule has 2 heterocycles. The SMILES string of the molecule is CCn1cc(NC(=O)NCCn2c(C)cc3ccccc32)c2ccccc21. The predicted octanol–water partition coefficient (Wildman–Crippen LogP) is 4.75. The lowest BCUT2D eigenvalue weighted by Crippen LogP contribution is -2.31. The highest BCUT2D eigenvalue weighted by molar-refractivity contribution is 6.01. The molecular formula is C22H24N4O. The average molecular weight is 360 g/mol.